The molecule has 0 unspecified atom stereocenters. The zero-order valence-electron chi connectivity index (χ0n) is 13.0. The lowest BCUT2D eigenvalue weighted by Crippen LogP contribution is -2.31. The Morgan fingerprint density at radius 2 is 2.14 bits per heavy atom. The molecule has 0 atom stereocenters. The van der Waals surface area contributed by atoms with Gasteiger partial charge >= 0.3 is 0 Å². The lowest BCUT2D eigenvalue weighted by molar-refractivity contribution is 0.441. The third-order valence-corrected chi connectivity index (χ3v) is 4.82. The van der Waals surface area contributed by atoms with Crippen LogP contribution >= 0.6 is 0 Å². The lowest BCUT2D eigenvalue weighted by atomic mass is 10.5. The van der Waals surface area contributed by atoms with Gasteiger partial charge in [0.25, 0.3) is 0 Å². The molecule has 21 heavy (non-hydrogen) atoms. The van der Waals surface area contributed by atoms with E-state index in [0.29, 0.717) is 19.6 Å². The first-order chi connectivity index (χ1) is 10.1. The molecule has 1 N–H and O–H groups in total. The van der Waals surface area contributed by atoms with E-state index in [1.807, 2.05) is 6.92 Å². The van der Waals surface area contributed by atoms with Crippen LogP contribution in [0.2, 0.25) is 0 Å². The molecule has 1 heterocycles. The lowest BCUT2D eigenvalue weighted by Gasteiger charge is -2.18. The molecule has 0 saturated heterocycles. The van der Waals surface area contributed by atoms with Crippen LogP contribution in [-0.4, -0.2) is 48.7 Å². The Kier molecular flexibility index (Phi) is 7.63. The Morgan fingerprint density at radius 3 is 2.76 bits per heavy atom. The molecule has 7 heteroatoms. The maximum Gasteiger partial charge on any atom is 0.246 e. The maximum absolute atomic E-state index is 12.5. The van der Waals surface area contributed by atoms with Crippen molar-refractivity contribution in [3.63, 3.8) is 0 Å². The first-order valence-electron chi connectivity index (χ1n) is 7.40. The molecule has 0 aliphatic heterocycles. The van der Waals surface area contributed by atoms with Crippen LogP contribution in [-0.2, 0) is 16.6 Å². The highest BCUT2D eigenvalue weighted by Gasteiger charge is 2.24. The van der Waals surface area contributed by atoms with Crippen molar-refractivity contribution < 1.29 is 8.42 Å². The van der Waals surface area contributed by atoms with Gasteiger partial charge in [-0.1, -0.05) is 19.9 Å². The first-order valence-corrected chi connectivity index (χ1v) is 8.84. The summed E-state index contributed by atoms with van der Waals surface area (Å²) in [6, 6.07) is 0. The molecule has 0 aliphatic rings. The van der Waals surface area contributed by atoms with Gasteiger partial charge in [-0.05, 0) is 19.4 Å². The van der Waals surface area contributed by atoms with E-state index in [1.165, 1.54) is 10.5 Å². The van der Waals surface area contributed by atoms with E-state index in [0.717, 1.165) is 25.9 Å². The van der Waals surface area contributed by atoms with Crippen molar-refractivity contribution in [2.45, 2.75) is 38.1 Å². The second-order valence-corrected chi connectivity index (χ2v) is 6.78. The molecule has 120 valence electrons. The van der Waals surface area contributed by atoms with Gasteiger partial charge in [0.15, 0.2) is 0 Å². The SMILES string of the molecule is C=CCN(CCC)S(=O)(=O)c1cnn(CCNCCC)c1. The molecule has 0 aromatic carbocycles. The van der Waals surface area contributed by atoms with E-state index < -0.39 is 10.0 Å². The van der Waals surface area contributed by atoms with E-state index in [9.17, 15) is 8.42 Å². The summed E-state index contributed by atoms with van der Waals surface area (Å²) < 4.78 is 28.1. The maximum atomic E-state index is 12.5. The first kappa shape index (κ1) is 17.9. The van der Waals surface area contributed by atoms with Crippen LogP contribution in [0.15, 0.2) is 29.9 Å². The summed E-state index contributed by atoms with van der Waals surface area (Å²) in [6.07, 6.45) is 6.45. The van der Waals surface area contributed by atoms with Crippen LogP contribution in [0.25, 0.3) is 0 Å². The Morgan fingerprint density at radius 1 is 1.38 bits per heavy atom. The molecule has 0 radical (unpaired) electrons. The van der Waals surface area contributed by atoms with E-state index in [4.69, 9.17) is 0 Å². The highest BCUT2D eigenvalue weighted by Crippen LogP contribution is 2.15. The van der Waals surface area contributed by atoms with Crippen molar-refractivity contribution in [2.24, 2.45) is 0 Å². The predicted octanol–water partition coefficient (Wildman–Crippen LogP) is 1.47. The molecular weight excluding hydrogens is 288 g/mol. The molecule has 0 fully saturated rings. The molecule has 1 rings (SSSR count). The molecule has 1 aromatic heterocycles. The van der Waals surface area contributed by atoms with Crippen molar-refractivity contribution in [3.8, 4) is 0 Å². The number of aromatic nitrogens is 2. The minimum absolute atomic E-state index is 0.244. The van der Waals surface area contributed by atoms with Crippen LogP contribution in [0.5, 0.6) is 0 Å². The highest BCUT2D eigenvalue weighted by molar-refractivity contribution is 7.89. The number of rotatable bonds is 11. The fraction of sp³-hybridized carbons (Fsp3) is 0.643. The summed E-state index contributed by atoms with van der Waals surface area (Å²) in [7, 11) is -3.48. The van der Waals surface area contributed by atoms with Crippen molar-refractivity contribution in [1.82, 2.24) is 19.4 Å². The standard InChI is InChI=1S/C14H26N4O2S/c1-4-7-15-8-11-17-13-14(12-16-17)21(19,20)18(9-5-2)10-6-3/h5,12-13,15H,2,4,6-11H2,1,3H3. The minimum atomic E-state index is -3.48. The highest BCUT2D eigenvalue weighted by atomic mass is 32.2. The van der Waals surface area contributed by atoms with Gasteiger partial charge in [-0.25, -0.2) is 8.42 Å². The van der Waals surface area contributed by atoms with Gasteiger partial charge in [-0.3, -0.25) is 4.68 Å². The van der Waals surface area contributed by atoms with E-state index in [1.54, 1.807) is 17.0 Å². The van der Waals surface area contributed by atoms with E-state index >= 15 is 0 Å². The molecule has 0 aliphatic carbocycles. The Hall–Kier alpha value is -1.18. The average Bonchev–Trinajstić information content (AvgIpc) is 2.93. The summed E-state index contributed by atoms with van der Waals surface area (Å²) in [6.45, 7) is 10.9. The Bertz CT molecular complexity index is 525. The zero-order valence-corrected chi connectivity index (χ0v) is 13.8. The normalized spacial score (nSPS) is 12.0. The van der Waals surface area contributed by atoms with E-state index in [2.05, 4.69) is 23.9 Å². The molecule has 1 aromatic rings. The predicted molar refractivity (Wildman–Crippen MR) is 84.6 cm³/mol. The monoisotopic (exact) mass is 314 g/mol. The minimum Gasteiger partial charge on any atom is -0.315 e. The van der Waals surface area contributed by atoms with Gasteiger partial charge < -0.3 is 5.32 Å². The second kappa shape index (κ2) is 8.96. The van der Waals surface area contributed by atoms with Crippen LogP contribution < -0.4 is 5.32 Å². The summed E-state index contributed by atoms with van der Waals surface area (Å²) >= 11 is 0. The third kappa shape index (κ3) is 5.26. The van der Waals surface area contributed by atoms with Gasteiger partial charge in [0.1, 0.15) is 4.90 Å². The largest absolute Gasteiger partial charge is 0.315 e. The smallest absolute Gasteiger partial charge is 0.246 e. The molecule has 0 spiro atoms. The second-order valence-electron chi connectivity index (χ2n) is 4.84. The van der Waals surface area contributed by atoms with Crippen molar-refractivity contribution in [2.75, 3.05) is 26.2 Å². The number of nitrogens with zero attached hydrogens (tertiary/aromatic N) is 3. The quantitative estimate of drug-likeness (QED) is 0.496. The molecule has 6 nitrogen and oxygen atoms in total. The molecule has 0 amide bonds. The van der Waals surface area contributed by atoms with Crippen molar-refractivity contribution in [3.05, 3.63) is 25.0 Å². The van der Waals surface area contributed by atoms with E-state index in [-0.39, 0.29) is 4.90 Å². The number of nitrogens with one attached hydrogen (secondary N) is 1. The van der Waals surface area contributed by atoms with Gasteiger partial charge in [0, 0.05) is 25.8 Å². The fourth-order valence-corrected chi connectivity index (χ4v) is 3.41. The average molecular weight is 314 g/mol. The Balaban J connectivity index is 2.74. The van der Waals surface area contributed by atoms with Crippen molar-refractivity contribution in [1.29, 1.82) is 0 Å². The van der Waals surface area contributed by atoms with Gasteiger partial charge in [0.2, 0.25) is 10.0 Å². The number of sulfonamides is 1. The Labute approximate surface area is 127 Å². The number of hydrogen-bond acceptors (Lipinski definition) is 4. The third-order valence-electron chi connectivity index (χ3n) is 3.00. The zero-order chi connectivity index (χ0) is 15.7. The summed E-state index contributed by atoms with van der Waals surface area (Å²) in [5, 5.41) is 7.39. The topological polar surface area (TPSA) is 67.2 Å². The summed E-state index contributed by atoms with van der Waals surface area (Å²) in [4.78, 5) is 0.244. The molecular formula is C14H26N4O2S. The summed E-state index contributed by atoms with van der Waals surface area (Å²) in [5.41, 5.74) is 0. The van der Waals surface area contributed by atoms with Gasteiger partial charge in [-0.15, -0.1) is 6.58 Å². The number of hydrogen-bond donors (Lipinski definition) is 1. The molecule has 0 bridgehead atoms. The van der Waals surface area contributed by atoms with Crippen LogP contribution in [0, 0.1) is 0 Å². The van der Waals surface area contributed by atoms with Crippen LogP contribution in [0.3, 0.4) is 0 Å². The molecule has 0 saturated carbocycles. The van der Waals surface area contributed by atoms with Crippen LogP contribution in [0.1, 0.15) is 26.7 Å². The van der Waals surface area contributed by atoms with Crippen LogP contribution in [0.4, 0.5) is 0 Å². The van der Waals surface area contributed by atoms with Gasteiger partial charge in [-0.2, -0.15) is 9.40 Å². The van der Waals surface area contributed by atoms with Gasteiger partial charge in [0.05, 0.1) is 12.7 Å². The fourth-order valence-electron chi connectivity index (χ4n) is 1.95. The summed E-state index contributed by atoms with van der Waals surface area (Å²) in [5.74, 6) is 0. The van der Waals surface area contributed by atoms with Crippen molar-refractivity contribution >= 4 is 10.0 Å².